The molecule has 0 fully saturated rings. The van der Waals surface area contributed by atoms with Crippen molar-refractivity contribution in [1.29, 1.82) is 0 Å². The summed E-state index contributed by atoms with van der Waals surface area (Å²) in [6, 6.07) is 8.10. The minimum Gasteiger partial charge on any atom is -0.497 e. The molecule has 0 saturated heterocycles. The van der Waals surface area contributed by atoms with Crippen molar-refractivity contribution < 1.29 is 4.74 Å². The van der Waals surface area contributed by atoms with Gasteiger partial charge in [-0.25, -0.2) is 0 Å². The van der Waals surface area contributed by atoms with Crippen LogP contribution >= 0.6 is 11.6 Å². The van der Waals surface area contributed by atoms with Gasteiger partial charge in [0.1, 0.15) is 5.75 Å². The fourth-order valence-electron chi connectivity index (χ4n) is 1.06. The van der Waals surface area contributed by atoms with Crippen molar-refractivity contribution in [3.8, 4) is 5.75 Å². The second-order valence-electron chi connectivity index (χ2n) is 2.64. The van der Waals surface area contributed by atoms with Gasteiger partial charge in [-0.15, -0.1) is 11.6 Å². The Kier molecular flexibility index (Phi) is 3.95. The molecule has 2 heteroatoms. The van der Waals surface area contributed by atoms with E-state index in [-0.39, 0.29) is 0 Å². The SMILES string of the molecule is COc1ccc(CCCCl)cc1. The molecule has 0 bridgehead atoms. The van der Waals surface area contributed by atoms with Crippen LogP contribution in [0.1, 0.15) is 12.0 Å². The fourth-order valence-corrected chi connectivity index (χ4v) is 1.20. The molecule has 0 aliphatic carbocycles. The average Bonchev–Trinajstić information content (AvgIpc) is 2.15. The van der Waals surface area contributed by atoms with Crippen molar-refractivity contribution in [3.05, 3.63) is 29.8 Å². The monoisotopic (exact) mass is 184 g/mol. The molecule has 12 heavy (non-hydrogen) atoms. The number of alkyl halides is 1. The summed E-state index contributed by atoms with van der Waals surface area (Å²) in [6.07, 6.45) is 2.08. The highest BCUT2D eigenvalue weighted by Gasteiger charge is 1.93. The van der Waals surface area contributed by atoms with Crippen molar-refractivity contribution in [2.45, 2.75) is 12.8 Å². The van der Waals surface area contributed by atoms with Gasteiger partial charge in [-0.05, 0) is 30.5 Å². The number of benzene rings is 1. The zero-order chi connectivity index (χ0) is 8.81. The van der Waals surface area contributed by atoms with Gasteiger partial charge in [0.05, 0.1) is 7.11 Å². The van der Waals surface area contributed by atoms with Crippen molar-refractivity contribution in [3.63, 3.8) is 0 Å². The molecule has 0 atom stereocenters. The molecule has 66 valence electrons. The molecule has 0 spiro atoms. The van der Waals surface area contributed by atoms with Crippen LogP contribution in [0, 0.1) is 0 Å². The van der Waals surface area contributed by atoms with Gasteiger partial charge in [0, 0.05) is 5.88 Å². The van der Waals surface area contributed by atoms with Crippen LogP contribution in [-0.4, -0.2) is 13.0 Å². The summed E-state index contributed by atoms with van der Waals surface area (Å²) < 4.78 is 5.05. The molecule has 0 amide bonds. The highest BCUT2D eigenvalue weighted by Crippen LogP contribution is 2.12. The number of aryl methyl sites for hydroxylation is 1. The normalized spacial score (nSPS) is 9.83. The molecule has 0 unspecified atom stereocenters. The lowest BCUT2D eigenvalue weighted by Crippen LogP contribution is -1.87. The Bertz CT molecular complexity index is 218. The van der Waals surface area contributed by atoms with Gasteiger partial charge in [0.15, 0.2) is 0 Å². The molecule has 0 aliphatic heterocycles. The van der Waals surface area contributed by atoms with Crippen LogP contribution in [0.5, 0.6) is 5.75 Å². The minimum absolute atomic E-state index is 0.728. The van der Waals surface area contributed by atoms with Gasteiger partial charge in [-0.2, -0.15) is 0 Å². The van der Waals surface area contributed by atoms with E-state index in [1.807, 2.05) is 12.1 Å². The Balaban J connectivity index is 2.53. The van der Waals surface area contributed by atoms with E-state index < -0.39 is 0 Å². The second kappa shape index (κ2) is 5.04. The van der Waals surface area contributed by atoms with Gasteiger partial charge in [0.2, 0.25) is 0 Å². The van der Waals surface area contributed by atoms with Crippen molar-refractivity contribution in [1.82, 2.24) is 0 Å². The molecule has 0 saturated carbocycles. The summed E-state index contributed by atoms with van der Waals surface area (Å²) in [5, 5.41) is 0. The molecular weight excluding hydrogens is 172 g/mol. The standard InChI is InChI=1S/C10H13ClO/c1-12-10-6-4-9(5-7-10)3-2-8-11/h4-7H,2-3,8H2,1H3. The molecule has 0 aromatic heterocycles. The summed E-state index contributed by atoms with van der Waals surface area (Å²) in [4.78, 5) is 0. The van der Waals surface area contributed by atoms with E-state index in [9.17, 15) is 0 Å². The highest BCUT2D eigenvalue weighted by atomic mass is 35.5. The van der Waals surface area contributed by atoms with Gasteiger partial charge >= 0.3 is 0 Å². The number of hydrogen-bond acceptors (Lipinski definition) is 1. The molecule has 1 nitrogen and oxygen atoms in total. The molecule has 1 rings (SSSR count). The predicted molar refractivity (Wildman–Crippen MR) is 52.0 cm³/mol. The third-order valence-corrected chi connectivity index (χ3v) is 2.03. The first-order chi connectivity index (χ1) is 5.86. The van der Waals surface area contributed by atoms with Crippen molar-refractivity contribution >= 4 is 11.6 Å². The van der Waals surface area contributed by atoms with Crippen LogP contribution < -0.4 is 4.74 Å². The number of rotatable bonds is 4. The maximum atomic E-state index is 5.59. The lowest BCUT2D eigenvalue weighted by molar-refractivity contribution is 0.414. The lowest BCUT2D eigenvalue weighted by atomic mass is 10.1. The van der Waals surface area contributed by atoms with Crippen LogP contribution in [0.15, 0.2) is 24.3 Å². The van der Waals surface area contributed by atoms with Crippen LogP contribution in [-0.2, 0) is 6.42 Å². The first kappa shape index (κ1) is 9.40. The zero-order valence-corrected chi connectivity index (χ0v) is 7.97. The molecular formula is C10H13ClO. The van der Waals surface area contributed by atoms with Crippen LogP contribution in [0.3, 0.4) is 0 Å². The number of hydrogen-bond donors (Lipinski definition) is 0. The lowest BCUT2D eigenvalue weighted by Gasteiger charge is -2.01. The third kappa shape index (κ3) is 2.74. The predicted octanol–water partition coefficient (Wildman–Crippen LogP) is 2.87. The Morgan fingerprint density at radius 1 is 1.25 bits per heavy atom. The van der Waals surface area contributed by atoms with E-state index in [1.165, 1.54) is 5.56 Å². The largest absolute Gasteiger partial charge is 0.497 e. The molecule has 0 heterocycles. The zero-order valence-electron chi connectivity index (χ0n) is 7.22. The molecule has 0 radical (unpaired) electrons. The summed E-state index contributed by atoms with van der Waals surface area (Å²) >= 11 is 5.59. The second-order valence-corrected chi connectivity index (χ2v) is 3.02. The first-order valence-corrected chi connectivity index (χ1v) is 4.59. The smallest absolute Gasteiger partial charge is 0.118 e. The summed E-state index contributed by atoms with van der Waals surface area (Å²) in [7, 11) is 1.67. The average molecular weight is 185 g/mol. The summed E-state index contributed by atoms with van der Waals surface area (Å²) in [6.45, 7) is 0. The van der Waals surface area contributed by atoms with E-state index in [4.69, 9.17) is 16.3 Å². The Labute approximate surface area is 78.3 Å². The van der Waals surface area contributed by atoms with E-state index in [0.29, 0.717) is 0 Å². The quantitative estimate of drug-likeness (QED) is 0.654. The Morgan fingerprint density at radius 2 is 1.92 bits per heavy atom. The van der Waals surface area contributed by atoms with Crippen LogP contribution in [0.25, 0.3) is 0 Å². The van der Waals surface area contributed by atoms with Crippen LogP contribution in [0.4, 0.5) is 0 Å². The Hall–Kier alpha value is -0.690. The van der Waals surface area contributed by atoms with E-state index in [1.54, 1.807) is 7.11 Å². The maximum absolute atomic E-state index is 5.59. The van der Waals surface area contributed by atoms with Gasteiger partial charge in [-0.3, -0.25) is 0 Å². The molecule has 0 aliphatic rings. The van der Waals surface area contributed by atoms with Gasteiger partial charge in [-0.1, -0.05) is 12.1 Å². The first-order valence-electron chi connectivity index (χ1n) is 4.05. The van der Waals surface area contributed by atoms with E-state index in [0.717, 1.165) is 24.5 Å². The fraction of sp³-hybridized carbons (Fsp3) is 0.400. The minimum atomic E-state index is 0.728. The summed E-state index contributed by atoms with van der Waals surface area (Å²) in [5.41, 5.74) is 1.32. The molecule has 1 aromatic rings. The number of ether oxygens (including phenoxy) is 1. The van der Waals surface area contributed by atoms with Gasteiger partial charge < -0.3 is 4.74 Å². The van der Waals surface area contributed by atoms with E-state index >= 15 is 0 Å². The molecule has 0 N–H and O–H groups in total. The number of methoxy groups -OCH3 is 1. The highest BCUT2D eigenvalue weighted by molar-refractivity contribution is 6.17. The number of halogens is 1. The maximum Gasteiger partial charge on any atom is 0.118 e. The Morgan fingerprint density at radius 3 is 2.42 bits per heavy atom. The van der Waals surface area contributed by atoms with E-state index in [2.05, 4.69) is 12.1 Å². The molecule has 1 aromatic carbocycles. The van der Waals surface area contributed by atoms with Gasteiger partial charge in [0.25, 0.3) is 0 Å². The third-order valence-electron chi connectivity index (χ3n) is 1.76. The van der Waals surface area contributed by atoms with Crippen molar-refractivity contribution in [2.75, 3.05) is 13.0 Å². The summed E-state index contributed by atoms with van der Waals surface area (Å²) in [5.74, 6) is 1.64. The topological polar surface area (TPSA) is 9.23 Å². The van der Waals surface area contributed by atoms with Crippen molar-refractivity contribution in [2.24, 2.45) is 0 Å². The van der Waals surface area contributed by atoms with Crippen LogP contribution in [0.2, 0.25) is 0 Å².